The summed E-state index contributed by atoms with van der Waals surface area (Å²) in [5.74, 6) is 0.0762. The molecule has 0 aromatic heterocycles. The van der Waals surface area contributed by atoms with Crippen molar-refractivity contribution in [2.45, 2.75) is 50.3 Å². The van der Waals surface area contributed by atoms with Gasteiger partial charge in [0.2, 0.25) is 5.91 Å². The molecule has 4 atom stereocenters. The molecule has 7 nitrogen and oxygen atoms in total. The van der Waals surface area contributed by atoms with Crippen molar-refractivity contribution in [1.82, 2.24) is 9.62 Å². The summed E-state index contributed by atoms with van der Waals surface area (Å²) in [4.78, 5) is 20.3. The van der Waals surface area contributed by atoms with Crippen LogP contribution in [0.15, 0.2) is 64.5 Å². The highest BCUT2D eigenvalue weighted by Crippen LogP contribution is 2.28. The molecule has 2 heterocycles. The van der Waals surface area contributed by atoms with Crippen LogP contribution in [-0.4, -0.2) is 50.3 Å². The molecule has 0 saturated carbocycles. The van der Waals surface area contributed by atoms with Gasteiger partial charge in [-0.2, -0.15) is 0 Å². The van der Waals surface area contributed by atoms with Gasteiger partial charge in [0, 0.05) is 12.1 Å². The highest BCUT2D eigenvalue weighted by molar-refractivity contribution is 7.90. The van der Waals surface area contributed by atoms with Crippen LogP contribution in [0, 0.1) is 5.92 Å². The maximum atomic E-state index is 13.7. The molecular weight excluding hydrogens is 426 g/mol. The van der Waals surface area contributed by atoms with Gasteiger partial charge in [0.25, 0.3) is 10.0 Å². The van der Waals surface area contributed by atoms with Crippen LogP contribution in [0.2, 0.25) is 0 Å². The van der Waals surface area contributed by atoms with Crippen molar-refractivity contribution in [3.8, 4) is 0 Å². The van der Waals surface area contributed by atoms with E-state index in [1.807, 2.05) is 56.0 Å². The number of nitrogens with zero attached hydrogens (tertiary/aromatic N) is 2. The molecule has 0 spiro atoms. The first kappa shape index (κ1) is 22.5. The lowest BCUT2D eigenvalue weighted by Crippen LogP contribution is -2.50. The lowest BCUT2D eigenvalue weighted by molar-refractivity contribution is -0.147. The zero-order chi connectivity index (χ0) is 22.9. The SMILES string of the molecule is CC[C@H](C)[C@H](N=C1NS(=O)(=O)c2ccccc21)C(=O)N1CC(C)OC(c2ccccc2)C1. The normalized spacial score (nSPS) is 25.1. The van der Waals surface area contributed by atoms with Crippen molar-refractivity contribution < 1.29 is 17.9 Å². The quantitative estimate of drug-likeness (QED) is 0.750. The van der Waals surface area contributed by atoms with Gasteiger partial charge < -0.3 is 9.64 Å². The fourth-order valence-electron chi connectivity index (χ4n) is 4.19. The van der Waals surface area contributed by atoms with Crippen molar-refractivity contribution in [3.63, 3.8) is 0 Å². The van der Waals surface area contributed by atoms with Gasteiger partial charge in [-0.3, -0.25) is 14.5 Å². The van der Waals surface area contributed by atoms with Crippen LogP contribution in [-0.2, 0) is 19.6 Å². The summed E-state index contributed by atoms with van der Waals surface area (Å²) >= 11 is 0. The van der Waals surface area contributed by atoms with Crippen LogP contribution >= 0.6 is 0 Å². The van der Waals surface area contributed by atoms with E-state index in [1.165, 1.54) is 0 Å². The lowest BCUT2D eigenvalue weighted by Gasteiger charge is -2.38. The predicted octanol–water partition coefficient (Wildman–Crippen LogP) is 3.13. The molecule has 2 aliphatic heterocycles. The first-order valence-corrected chi connectivity index (χ1v) is 12.5. The number of hydrogen-bond acceptors (Lipinski definition) is 5. The second-order valence-electron chi connectivity index (χ2n) is 8.50. The Kier molecular flexibility index (Phi) is 6.35. The van der Waals surface area contributed by atoms with E-state index in [1.54, 1.807) is 24.3 Å². The number of hydrogen-bond donors (Lipinski definition) is 1. The Hall–Kier alpha value is -2.71. The molecule has 0 radical (unpaired) electrons. The minimum atomic E-state index is -3.66. The Balaban J connectivity index is 1.64. The van der Waals surface area contributed by atoms with Gasteiger partial charge in [0.05, 0.1) is 17.5 Å². The number of carbonyl (C=O) groups excluding carboxylic acids is 1. The Morgan fingerprint density at radius 3 is 2.56 bits per heavy atom. The molecule has 2 aliphatic rings. The zero-order valence-electron chi connectivity index (χ0n) is 18.6. The molecule has 32 heavy (non-hydrogen) atoms. The standard InChI is InChI=1S/C24H29N3O4S/c1-4-16(2)22(25-23-19-12-8-9-13-21(19)32(29,30)26-23)24(28)27-14-17(3)31-20(15-27)18-10-6-5-7-11-18/h5-13,16-17,20,22H,4,14-15H2,1-3H3,(H,25,26)/t16-,17?,20?,22-/m0/s1. The van der Waals surface area contributed by atoms with Crippen molar-refractivity contribution in [2.24, 2.45) is 10.9 Å². The highest BCUT2D eigenvalue weighted by atomic mass is 32.2. The Morgan fingerprint density at radius 1 is 1.16 bits per heavy atom. The number of amides is 1. The number of nitrogens with one attached hydrogen (secondary N) is 1. The third-order valence-corrected chi connectivity index (χ3v) is 7.51. The third kappa shape index (κ3) is 4.42. The zero-order valence-corrected chi connectivity index (χ0v) is 19.4. The van der Waals surface area contributed by atoms with Gasteiger partial charge in [-0.05, 0) is 30.5 Å². The maximum Gasteiger partial charge on any atom is 0.263 e. The van der Waals surface area contributed by atoms with Gasteiger partial charge in [0.15, 0.2) is 0 Å². The van der Waals surface area contributed by atoms with E-state index in [4.69, 9.17) is 4.74 Å². The molecule has 2 unspecified atom stereocenters. The minimum absolute atomic E-state index is 0.0550. The van der Waals surface area contributed by atoms with Crippen LogP contribution in [0.4, 0.5) is 0 Å². The van der Waals surface area contributed by atoms with Crippen molar-refractivity contribution in [3.05, 3.63) is 65.7 Å². The largest absolute Gasteiger partial charge is 0.367 e. The van der Waals surface area contributed by atoms with E-state index in [2.05, 4.69) is 9.71 Å². The Morgan fingerprint density at radius 2 is 1.84 bits per heavy atom. The Bertz CT molecular complexity index is 1120. The summed E-state index contributed by atoms with van der Waals surface area (Å²) in [5.41, 5.74) is 1.53. The van der Waals surface area contributed by atoms with E-state index in [-0.39, 0.29) is 34.8 Å². The van der Waals surface area contributed by atoms with Crippen LogP contribution in [0.1, 0.15) is 44.4 Å². The summed E-state index contributed by atoms with van der Waals surface area (Å²) in [7, 11) is -3.66. The lowest BCUT2D eigenvalue weighted by atomic mass is 9.97. The molecule has 1 N–H and O–H groups in total. The summed E-state index contributed by atoms with van der Waals surface area (Å²) in [6, 6.07) is 15.9. The van der Waals surface area contributed by atoms with Gasteiger partial charge in [-0.1, -0.05) is 62.7 Å². The second-order valence-corrected chi connectivity index (χ2v) is 10.1. The molecule has 0 aliphatic carbocycles. The minimum Gasteiger partial charge on any atom is -0.367 e. The number of fused-ring (bicyclic) bond motifs is 1. The van der Waals surface area contributed by atoms with Crippen LogP contribution in [0.25, 0.3) is 0 Å². The molecule has 2 aromatic carbocycles. The fourth-order valence-corrected chi connectivity index (χ4v) is 5.43. The third-order valence-electron chi connectivity index (χ3n) is 6.11. The van der Waals surface area contributed by atoms with E-state index in [0.717, 1.165) is 12.0 Å². The number of sulfonamides is 1. The molecule has 0 bridgehead atoms. The van der Waals surface area contributed by atoms with Gasteiger partial charge in [0.1, 0.15) is 18.0 Å². The number of morpholine rings is 1. The molecule has 170 valence electrons. The number of aliphatic imine (C=N–C) groups is 1. The summed E-state index contributed by atoms with van der Waals surface area (Å²) in [5, 5.41) is 0. The maximum absolute atomic E-state index is 13.7. The number of amidine groups is 1. The molecular formula is C24H29N3O4S. The second kappa shape index (κ2) is 9.03. The fraction of sp³-hybridized carbons (Fsp3) is 0.417. The van der Waals surface area contributed by atoms with Gasteiger partial charge >= 0.3 is 0 Å². The molecule has 2 aromatic rings. The average Bonchev–Trinajstić information content (AvgIpc) is 3.06. The summed E-state index contributed by atoms with van der Waals surface area (Å²) in [6.07, 6.45) is 0.414. The van der Waals surface area contributed by atoms with Crippen LogP contribution in [0.3, 0.4) is 0 Å². The van der Waals surface area contributed by atoms with E-state index in [0.29, 0.717) is 18.7 Å². The van der Waals surface area contributed by atoms with Crippen molar-refractivity contribution in [1.29, 1.82) is 0 Å². The van der Waals surface area contributed by atoms with Crippen molar-refractivity contribution in [2.75, 3.05) is 13.1 Å². The molecule has 8 heteroatoms. The van der Waals surface area contributed by atoms with Crippen LogP contribution in [0.5, 0.6) is 0 Å². The number of ether oxygens (including phenoxy) is 1. The van der Waals surface area contributed by atoms with Crippen molar-refractivity contribution >= 4 is 21.8 Å². The Labute approximate surface area is 189 Å². The first-order valence-electron chi connectivity index (χ1n) is 11.0. The van der Waals surface area contributed by atoms with Crippen LogP contribution < -0.4 is 4.72 Å². The topological polar surface area (TPSA) is 88.1 Å². The molecule has 4 rings (SSSR count). The first-order chi connectivity index (χ1) is 15.3. The van der Waals surface area contributed by atoms with E-state index < -0.39 is 16.1 Å². The predicted molar refractivity (Wildman–Crippen MR) is 123 cm³/mol. The summed E-state index contributed by atoms with van der Waals surface area (Å²) < 4.78 is 33.6. The number of carbonyl (C=O) groups is 1. The molecule has 1 saturated heterocycles. The summed E-state index contributed by atoms with van der Waals surface area (Å²) in [6.45, 7) is 6.85. The smallest absolute Gasteiger partial charge is 0.263 e. The number of rotatable bonds is 5. The number of benzene rings is 2. The van der Waals surface area contributed by atoms with Gasteiger partial charge in [-0.15, -0.1) is 0 Å². The van der Waals surface area contributed by atoms with E-state index >= 15 is 0 Å². The average molecular weight is 456 g/mol. The molecule has 1 fully saturated rings. The monoisotopic (exact) mass is 455 g/mol. The molecule has 1 amide bonds. The van der Waals surface area contributed by atoms with E-state index in [9.17, 15) is 13.2 Å². The highest BCUT2D eigenvalue weighted by Gasteiger charge is 2.37. The van der Waals surface area contributed by atoms with Gasteiger partial charge in [-0.25, -0.2) is 8.42 Å².